The van der Waals surface area contributed by atoms with Gasteiger partial charge in [0, 0.05) is 22.8 Å². The van der Waals surface area contributed by atoms with E-state index in [4.69, 9.17) is 5.73 Å². The van der Waals surface area contributed by atoms with Crippen molar-refractivity contribution in [2.75, 3.05) is 0 Å². The van der Waals surface area contributed by atoms with Gasteiger partial charge in [0.1, 0.15) is 5.82 Å². The van der Waals surface area contributed by atoms with Crippen molar-refractivity contribution in [1.82, 2.24) is 9.38 Å². The van der Waals surface area contributed by atoms with Crippen LogP contribution in [0.25, 0.3) is 16.1 Å². The summed E-state index contributed by atoms with van der Waals surface area (Å²) in [5, 5.41) is 0. The number of hydrogen-bond acceptors (Lipinski definition) is 4. The molecule has 0 radical (unpaired) electrons. The van der Waals surface area contributed by atoms with Crippen LogP contribution in [0.4, 0.5) is 4.39 Å². The van der Waals surface area contributed by atoms with Gasteiger partial charge in [-0.15, -0.1) is 0 Å². The Balaban J connectivity index is 2.30. The average Bonchev–Trinajstić information content (AvgIpc) is 2.77. The molecule has 3 aromatic rings. The Bertz CT molecular complexity index is 882. The van der Waals surface area contributed by atoms with Gasteiger partial charge in [-0.3, -0.25) is 9.20 Å². The molecule has 1 aromatic carbocycles. The molecule has 0 saturated carbocycles. The normalized spacial score (nSPS) is 12.8. The second-order valence-electron chi connectivity index (χ2n) is 4.95. The third-order valence-electron chi connectivity index (χ3n) is 3.37. The van der Waals surface area contributed by atoms with Crippen LogP contribution < -0.4 is 11.3 Å². The summed E-state index contributed by atoms with van der Waals surface area (Å²) in [4.78, 5) is 18.5. The van der Waals surface area contributed by atoms with E-state index in [0.29, 0.717) is 16.1 Å². The lowest BCUT2D eigenvalue weighted by Gasteiger charge is -2.04. The zero-order valence-corrected chi connectivity index (χ0v) is 12.4. The molecule has 0 saturated heterocycles. The van der Waals surface area contributed by atoms with Crippen LogP contribution in [0.1, 0.15) is 23.5 Å². The average molecular weight is 303 g/mol. The van der Waals surface area contributed by atoms with Crippen LogP contribution in [0.15, 0.2) is 35.3 Å². The van der Waals surface area contributed by atoms with Crippen LogP contribution in [0.3, 0.4) is 0 Å². The fraction of sp³-hybridized carbons (Fsp3) is 0.200. The highest BCUT2D eigenvalue weighted by molar-refractivity contribution is 7.17. The predicted octanol–water partition coefficient (Wildman–Crippen LogP) is 2.89. The maximum atomic E-state index is 13.3. The fourth-order valence-corrected chi connectivity index (χ4v) is 3.40. The summed E-state index contributed by atoms with van der Waals surface area (Å²) in [7, 11) is 0. The van der Waals surface area contributed by atoms with Gasteiger partial charge in [-0.25, -0.2) is 9.37 Å². The van der Waals surface area contributed by atoms with Crippen molar-refractivity contribution in [1.29, 1.82) is 0 Å². The minimum Gasteiger partial charge on any atom is -0.323 e. The Morgan fingerprint density at radius 2 is 2.19 bits per heavy atom. The van der Waals surface area contributed by atoms with Crippen LogP contribution in [0.2, 0.25) is 0 Å². The molecule has 0 spiro atoms. The SMILES string of the molecule is Cc1c(C(C)N)sc2ncc(-c3cccc(F)c3)c(=O)n12. The Morgan fingerprint density at radius 3 is 2.86 bits per heavy atom. The van der Waals surface area contributed by atoms with Crippen molar-refractivity contribution < 1.29 is 4.39 Å². The first kappa shape index (κ1) is 13.9. The molecule has 2 heterocycles. The van der Waals surface area contributed by atoms with Gasteiger partial charge in [0.15, 0.2) is 4.96 Å². The lowest BCUT2D eigenvalue weighted by atomic mass is 10.1. The molecule has 21 heavy (non-hydrogen) atoms. The van der Waals surface area contributed by atoms with E-state index >= 15 is 0 Å². The molecular formula is C15H14FN3OS. The standard InChI is InChI=1S/C15H14FN3OS/c1-8(17)13-9(2)19-14(20)12(7-18-15(19)21-13)10-4-3-5-11(16)6-10/h3-8H,17H2,1-2H3. The van der Waals surface area contributed by atoms with Gasteiger partial charge in [-0.05, 0) is 31.5 Å². The van der Waals surface area contributed by atoms with E-state index in [1.807, 2.05) is 13.8 Å². The van der Waals surface area contributed by atoms with Crippen LogP contribution in [0.5, 0.6) is 0 Å². The molecule has 2 aromatic heterocycles. The second kappa shape index (κ2) is 5.05. The Hall–Kier alpha value is -2.05. The molecule has 6 heteroatoms. The summed E-state index contributed by atoms with van der Waals surface area (Å²) in [6.45, 7) is 3.72. The second-order valence-corrected chi connectivity index (χ2v) is 5.95. The van der Waals surface area contributed by atoms with Crippen molar-refractivity contribution in [3.63, 3.8) is 0 Å². The van der Waals surface area contributed by atoms with E-state index < -0.39 is 0 Å². The zero-order chi connectivity index (χ0) is 15.1. The van der Waals surface area contributed by atoms with Crippen LogP contribution >= 0.6 is 11.3 Å². The highest BCUT2D eigenvalue weighted by atomic mass is 32.1. The van der Waals surface area contributed by atoms with Crippen LogP contribution in [-0.2, 0) is 0 Å². The number of rotatable bonds is 2. The molecular weight excluding hydrogens is 289 g/mol. The highest BCUT2D eigenvalue weighted by Crippen LogP contribution is 2.26. The first-order valence-corrected chi connectivity index (χ1v) is 7.33. The van der Waals surface area contributed by atoms with Crippen LogP contribution in [0, 0.1) is 12.7 Å². The fourth-order valence-electron chi connectivity index (χ4n) is 2.37. The van der Waals surface area contributed by atoms with E-state index in [1.54, 1.807) is 16.5 Å². The minimum absolute atomic E-state index is 0.159. The van der Waals surface area contributed by atoms with Crippen molar-refractivity contribution in [3.8, 4) is 11.1 Å². The molecule has 0 aliphatic carbocycles. The summed E-state index contributed by atoms with van der Waals surface area (Å²) in [6.07, 6.45) is 1.49. The molecule has 2 N–H and O–H groups in total. The number of thiazole rings is 1. The minimum atomic E-state index is -0.379. The molecule has 0 aliphatic rings. The molecule has 1 unspecified atom stereocenters. The topological polar surface area (TPSA) is 60.4 Å². The van der Waals surface area contributed by atoms with Crippen molar-refractivity contribution in [2.45, 2.75) is 19.9 Å². The third-order valence-corrected chi connectivity index (χ3v) is 4.73. The predicted molar refractivity (Wildman–Crippen MR) is 82.1 cm³/mol. The van der Waals surface area contributed by atoms with Crippen molar-refractivity contribution >= 4 is 16.3 Å². The van der Waals surface area contributed by atoms with E-state index in [0.717, 1.165) is 10.6 Å². The number of halogens is 1. The van der Waals surface area contributed by atoms with E-state index in [2.05, 4.69) is 4.98 Å². The van der Waals surface area contributed by atoms with Crippen molar-refractivity contribution in [3.05, 3.63) is 57.2 Å². The summed E-state index contributed by atoms with van der Waals surface area (Å²) >= 11 is 1.41. The third kappa shape index (κ3) is 2.26. The van der Waals surface area contributed by atoms with Gasteiger partial charge < -0.3 is 5.73 Å². The lowest BCUT2D eigenvalue weighted by molar-refractivity contribution is 0.628. The molecule has 108 valence electrons. The van der Waals surface area contributed by atoms with E-state index in [1.165, 1.54) is 29.7 Å². The highest BCUT2D eigenvalue weighted by Gasteiger charge is 2.16. The Labute approximate surface area is 124 Å². The summed E-state index contributed by atoms with van der Waals surface area (Å²) in [5.74, 6) is -0.379. The Morgan fingerprint density at radius 1 is 1.43 bits per heavy atom. The monoisotopic (exact) mass is 303 g/mol. The number of hydrogen-bond donors (Lipinski definition) is 1. The molecule has 3 rings (SSSR count). The quantitative estimate of drug-likeness (QED) is 0.792. The maximum Gasteiger partial charge on any atom is 0.266 e. The van der Waals surface area contributed by atoms with Crippen molar-refractivity contribution in [2.24, 2.45) is 5.73 Å². The van der Waals surface area contributed by atoms with E-state index in [-0.39, 0.29) is 17.4 Å². The molecule has 4 nitrogen and oxygen atoms in total. The number of aryl methyl sites for hydroxylation is 1. The maximum absolute atomic E-state index is 13.3. The van der Waals surface area contributed by atoms with Gasteiger partial charge >= 0.3 is 0 Å². The summed E-state index contributed by atoms with van der Waals surface area (Å²) in [5.41, 5.74) is 7.41. The largest absolute Gasteiger partial charge is 0.323 e. The Kier molecular flexibility index (Phi) is 3.35. The van der Waals surface area contributed by atoms with Gasteiger partial charge in [0.25, 0.3) is 5.56 Å². The number of benzene rings is 1. The number of aromatic nitrogens is 2. The first-order valence-electron chi connectivity index (χ1n) is 6.51. The van der Waals surface area contributed by atoms with Gasteiger partial charge in [-0.1, -0.05) is 23.5 Å². The molecule has 0 fully saturated rings. The van der Waals surface area contributed by atoms with Crippen LogP contribution in [-0.4, -0.2) is 9.38 Å². The van der Waals surface area contributed by atoms with Gasteiger partial charge in [0.2, 0.25) is 0 Å². The summed E-state index contributed by atoms with van der Waals surface area (Å²) < 4.78 is 14.9. The number of fused-ring (bicyclic) bond motifs is 1. The van der Waals surface area contributed by atoms with Gasteiger partial charge in [-0.2, -0.15) is 0 Å². The number of nitrogens with zero attached hydrogens (tertiary/aromatic N) is 2. The van der Waals surface area contributed by atoms with Gasteiger partial charge in [0.05, 0.1) is 5.56 Å². The molecule has 1 atom stereocenters. The zero-order valence-electron chi connectivity index (χ0n) is 11.6. The first-order chi connectivity index (χ1) is 9.99. The number of nitrogens with two attached hydrogens (primary N) is 1. The smallest absolute Gasteiger partial charge is 0.266 e. The molecule has 0 bridgehead atoms. The molecule has 0 aliphatic heterocycles. The van der Waals surface area contributed by atoms with E-state index in [9.17, 15) is 9.18 Å². The molecule has 0 amide bonds. The summed E-state index contributed by atoms with van der Waals surface area (Å²) in [6, 6.07) is 5.79. The lowest BCUT2D eigenvalue weighted by Crippen LogP contribution is -2.17.